The van der Waals surface area contributed by atoms with Crippen molar-refractivity contribution in [2.45, 2.75) is 19.0 Å². The van der Waals surface area contributed by atoms with Crippen molar-refractivity contribution in [3.05, 3.63) is 29.3 Å². The molecule has 0 fully saturated rings. The minimum Gasteiger partial charge on any atom is -0.508 e. The van der Waals surface area contributed by atoms with Gasteiger partial charge in [0.25, 0.3) is 0 Å². The van der Waals surface area contributed by atoms with Gasteiger partial charge in [-0.3, -0.25) is 4.79 Å². The maximum Gasteiger partial charge on any atom is 0.323 e. The van der Waals surface area contributed by atoms with E-state index >= 15 is 0 Å². The summed E-state index contributed by atoms with van der Waals surface area (Å²) < 4.78 is 4.67. The van der Waals surface area contributed by atoms with Gasteiger partial charge in [-0.05, 0) is 29.7 Å². The smallest absolute Gasteiger partial charge is 0.323 e. The fourth-order valence-electron chi connectivity index (χ4n) is 1.81. The highest BCUT2D eigenvalue weighted by Gasteiger charge is 2.24. The molecule has 80 valence electrons. The molecule has 2 rings (SSSR count). The standard InChI is InChI=1S/C11H13NO3/c1-15-11(14)10-5-8-4-9(13)3-2-7(8)6-12-10/h2-4,10,12-13H,5-6H2,1H3/t10-/m1/s1. The summed E-state index contributed by atoms with van der Waals surface area (Å²) in [5.41, 5.74) is 2.12. The van der Waals surface area contributed by atoms with Crippen LogP contribution in [0.4, 0.5) is 0 Å². The highest BCUT2D eigenvalue weighted by molar-refractivity contribution is 5.76. The summed E-state index contributed by atoms with van der Waals surface area (Å²) in [5, 5.41) is 12.4. The first-order chi connectivity index (χ1) is 7.20. The zero-order valence-corrected chi connectivity index (χ0v) is 8.49. The summed E-state index contributed by atoms with van der Waals surface area (Å²) in [4.78, 5) is 11.3. The molecule has 0 aliphatic carbocycles. The van der Waals surface area contributed by atoms with Gasteiger partial charge in [0.1, 0.15) is 11.8 Å². The normalized spacial score (nSPS) is 19.4. The Bertz CT molecular complexity index is 389. The van der Waals surface area contributed by atoms with Gasteiger partial charge < -0.3 is 15.2 Å². The topological polar surface area (TPSA) is 58.6 Å². The van der Waals surface area contributed by atoms with Crippen molar-refractivity contribution in [2.24, 2.45) is 0 Å². The van der Waals surface area contributed by atoms with Crippen LogP contribution in [0.1, 0.15) is 11.1 Å². The van der Waals surface area contributed by atoms with E-state index in [2.05, 4.69) is 10.1 Å². The third-order valence-corrected chi connectivity index (χ3v) is 2.64. The summed E-state index contributed by atoms with van der Waals surface area (Å²) >= 11 is 0. The average Bonchev–Trinajstić information content (AvgIpc) is 2.27. The molecular weight excluding hydrogens is 194 g/mol. The number of phenols is 1. The van der Waals surface area contributed by atoms with Crippen LogP contribution in [-0.4, -0.2) is 24.2 Å². The third kappa shape index (κ3) is 1.94. The number of esters is 1. The molecule has 0 spiro atoms. The van der Waals surface area contributed by atoms with Gasteiger partial charge >= 0.3 is 5.97 Å². The number of carbonyl (C=O) groups is 1. The Balaban J connectivity index is 2.22. The van der Waals surface area contributed by atoms with Crippen LogP contribution in [0.2, 0.25) is 0 Å². The van der Waals surface area contributed by atoms with E-state index in [1.807, 2.05) is 6.07 Å². The number of ether oxygens (including phenoxy) is 1. The van der Waals surface area contributed by atoms with Crippen molar-refractivity contribution < 1.29 is 14.6 Å². The molecule has 4 nitrogen and oxygen atoms in total. The number of aromatic hydroxyl groups is 1. The molecule has 0 aromatic heterocycles. The molecule has 1 aromatic rings. The zero-order valence-electron chi connectivity index (χ0n) is 8.49. The average molecular weight is 207 g/mol. The Morgan fingerprint density at radius 1 is 1.53 bits per heavy atom. The number of methoxy groups -OCH3 is 1. The van der Waals surface area contributed by atoms with Gasteiger partial charge in [0.15, 0.2) is 0 Å². The van der Waals surface area contributed by atoms with Crippen LogP contribution in [-0.2, 0) is 22.5 Å². The van der Waals surface area contributed by atoms with Crippen LogP contribution in [0.3, 0.4) is 0 Å². The van der Waals surface area contributed by atoms with E-state index in [0.717, 1.165) is 11.1 Å². The molecule has 1 aliphatic rings. The quantitative estimate of drug-likeness (QED) is 0.661. The molecule has 1 heterocycles. The van der Waals surface area contributed by atoms with Gasteiger partial charge in [0.05, 0.1) is 7.11 Å². The van der Waals surface area contributed by atoms with E-state index < -0.39 is 0 Å². The number of carbonyl (C=O) groups excluding carboxylic acids is 1. The number of phenolic OH excluding ortho intramolecular Hbond substituents is 1. The summed E-state index contributed by atoms with van der Waals surface area (Å²) in [5.74, 6) is -0.0248. The molecule has 0 bridgehead atoms. The van der Waals surface area contributed by atoms with E-state index in [-0.39, 0.29) is 17.8 Å². The Hall–Kier alpha value is -1.55. The van der Waals surface area contributed by atoms with Crippen LogP contribution >= 0.6 is 0 Å². The van der Waals surface area contributed by atoms with Crippen molar-refractivity contribution in [1.82, 2.24) is 5.32 Å². The van der Waals surface area contributed by atoms with Crippen molar-refractivity contribution in [1.29, 1.82) is 0 Å². The number of nitrogens with one attached hydrogen (secondary N) is 1. The molecule has 0 saturated heterocycles. The zero-order chi connectivity index (χ0) is 10.8. The summed E-state index contributed by atoms with van der Waals surface area (Å²) in [6, 6.07) is 4.92. The van der Waals surface area contributed by atoms with Crippen molar-refractivity contribution in [3.8, 4) is 5.75 Å². The van der Waals surface area contributed by atoms with E-state index in [9.17, 15) is 9.90 Å². The van der Waals surface area contributed by atoms with Crippen LogP contribution in [0.25, 0.3) is 0 Å². The predicted octanol–water partition coefficient (Wildman–Crippen LogP) is 0.579. The maximum absolute atomic E-state index is 11.3. The lowest BCUT2D eigenvalue weighted by molar-refractivity contribution is -0.143. The molecule has 2 N–H and O–H groups in total. The predicted molar refractivity (Wildman–Crippen MR) is 54.5 cm³/mol. The molecular formula is C11H13NO3. The molecule has 0 amide bonds. The summed E-state index contributed by atoms with van der Waals surface area (Å²) in [6.07, 6.45) is 0.566. The summed E-state index contributed by atoms with van der Waals surface area (Å²) in [7, 11) is 1.38. The minimum atomic E-state index is -0.302. The van der Waals surface area contributed by atoms with E-state index in [1.54, 1.807) is 12.1 Å². The third-order valence-electron chi connectivity index (χ3n) is 2.64. The van der Waals surface area contributed by atoms with Gasteiger partial charge in [-0.25, -0.2) is 0 Å². The second-order valence-corrected chi connectivity index (χ2v) is 3.61. The van der Waals surface area contributed by atoms with Gasteiger partial charge in [-0.1, -0.05) is 6.07 Å². The number of rotatable bonds is 1. The van der Waals surface area contributed by atoms with Gasteiger partial charge in [0.2, 0.25) is 0 Å². The molecule has 0 unspecified atom stereocenters. The largest absolute Gasteiger partial charge is 0.508 e. The van der Waals surface area contributed by atoms with Crippen molar-refractivity contribution in [2.75, 3.05) is 7.11 Å². The fourth-order valence-corrected chi connectivity index (χ4v) is 1.81. The van der Waals surface area contributed by atoms with Crippen molar-refractivity contribution in [3.63, 3.8) is 0 Å². The van der Waals surface area contributed by atoms with Crippen molar-refractivity contribution >= 4 is 5.97 Å². The number of benzene rings is 1. The van der Waals surface area contributed by atoms with Gasteiger partial charge in [0, 0.05) is 6.54 Å². The summed E-state index contributed by atoms with van der Waals surface area (Å²) in [6.45, 7) is 0.634. The maximum atomic E-state index is 11.3. The number of hydrogen-bond donors (Lipinski definition) is 2. The Kier molecular flexibility index (Phi) is 2.60. The Labute approximate surface area is 87.9 Å². The molecule has 1 aliphatic heterocycles. The first-order valence-corrected chi connectivity index (χ1v) is 4.82. The lowest BCUT2D eigenvalue weighted by Gasteiger charge is -2.24. The first-order valence-electron chi connectivity index (χ1n) is 4.82. The second-order valence-electron chi connectivity index (χ2n) is 3.61. The minimum absolute atomic E-state index is 0.235. The van der Waals surface area contributed by atoms with Gasteiger partial charge in [-0.15, -0.1) is 0 Å². The first kappa shape index (κ1) is 9.98. The van der Waals surface area contributed by atoms with E-state index in [0.29, 0.717) is 13.0 Å². The Morgan fingerprint density at radius 2 is 2.33 bits per heavy atom. The molecule has 0 radical (unpaired) electrons. The number of fused-ring (bicyclic) bond motifs is 1. The second kappa shape index (κ2) is 3.90. The fraction of sp³-hybridized carbons (Fsp3) is 0.364. The van der Waals surface area contributed by atoms with E-state index in [4.69, 9.17) is 0 Å². The van der Waals surface area contributed by atoms with Crippen LogP contribution in [0, 0.1) is 0 Å². The molecule has 1 aromatic carbocycles. The van der Waals surface area contributed by atoms with Crippen LogP contribution < -0.4 is 5.32 Å². The monoisotopic (exact) mass is 207 g/mol. The molecule has 15 heavy (non-hydrogen) atoms. The van der Waals surface area contributed by atoms with Gasteiger partial charge in [-0.2, -0.15) is 0 Å². The highest BCUT2D eigenvalue weighted by atomic mass is 16.5. The lowest BCUT2D eigenvalue weighted by Crippen LogP contribution is -2.42. The number of hydrogen-bond acceptors (Lipinski definition) is 4. The molecule has 4 heteroatoms. The Morgan fingerprint density at radius 3 is 3.07 bits per heavy atom. The SMILES string of the molecule is COC(=O)[C@H]1Cc2cc(O)ccc2CN1. The lowest BCUT2D eigenvalue weighted by atomic mass is 9.95. The molecule has 1 atom stereocenters. The highest BCUT2D eigenvalue weighted by Crippen LogP contribution is 2.21. The molecule has 0 saturated carbocycles. The van der Waals surface area contributed by atoms with Crippen LogP contribution in [0.15, 0.2) is 18.2 Å². The van der Waals surface area contributed by atoms with Crippen LogP contribution in [0.5, 0.6) is 5.75 Å². The van der Waals surface area contributed by atoms with E-state index in [1.165, 1.54) is 7.11 Å².